The van der Waals surface area contributed by atoms with E-state index >= 15 is 0 Å². The minimum Gasteiger partial charge on any atom is -0.504 e. The molecule has 1 aromatic carbocycles. The number of esters is 1. The molecule has 1 aliphatic rings. The van der Waals surface area contributed by atoms with E-state index in [-0.39, 0.29) is 11.5 Å². The van der Waals surface area contributed by atoms with Crippen LogP contribution in [0.25, 0.3) is 6.08 Å². The van der Waals surface area contributed by atoms with Gasteiger partial charge < -0.3 is 34.6 Å². The van der Waals surface area contributed by atoms with Gasteiger partial charge in [0.1, 0.15) is 18.3 Å². The lowest BCUT2D eigenvalue weighted by atomic mass is 10.0. The predicted octanol–water partition coefficient (Wildman–Crippen LogP) is -0.215. The number of aromatic hydroxyl groups is 1. The van der Waals surface area contributed by atoms with Crippen molar-refractivity contribution in [2.24, 2.45) is 0 Å². The summed E-state index contributed by atoms with van der Waals surface area (Å²) in [5.41, 5.74) is 0.579. The molecule has 2 rings (SSSR count). The van der Waals surface area contributed by atoms with Crippen molar-refractivity contribution in [2.75, 3.05) is 7.11 Å². The summed E-state index contributed by atoms with van der Waals surface area (Å²) in [5, 5.41) is 38.5. The van der Waals surface area contributed by atoms with E-state index in [1.165, 1.54) is 32.2 Å². The van der Waals surface area contributed by atoms with Crippen molar-refractivity contribution in [2.45, 2.75) is 37.6 Å². The highest BCUT2D eigenvalue weighted by Crippen LogP contribution is 2.27. The van der Waals surface area contributed by atoms with Gasteiger partial charge in [-0.2, -0.15) is 0 Å². The van der Waals surface area contributed by atoms with Crippen LogP contribution < -0.4 is 4.74 Å². The Hall–Kier alpha value is -2.13. The Morgan fingerprint density at radius 3 is 2.58 bits per heavy atom. The molecule has 1 fully saturated rings. The number of hydrogen-bond donors (Lipinski definition) is 4. The summed E-state index contributed by atoms with van der Waals surface area (Å²) >= 11 is 0. The van der Waals surface area contributed by atoms with Crippen LogP contribution in [-0.4, -0.2) is 64.2 Å². The van der Waals surface area contributed by atoms with Gasteiger partial charge in [-0.05, 0) is 30.7 Å². The number of phenols is 1. The van der Waals surface area contributed by atoms with Crippen LogP contribution in [0.1, 0.15) is 12.5 Å². The van der Waals surface area contributed by atoms with Crippen molar-refractivity contribution in [3.8, 4) is 11.5 Å². The highest BCUT2D eigenvalue weighted by molar-refractivity contribution is 5.87. The van der Waals surface area contributed by atoms with Crippen LogP contribution in [0.3, 0.4) is 0 Å². The summed E-state index contributed by atoms with van der Waals surface area (Å²) < 4.78 is 15.1. The maximum absolute atomic E-state index is 11.8. The van der Waals surface area contributed by atoms with E-state index < -0.39 is 36.7 Å². The molecule has 0 spiro atoms. The average molecular weight is 340 g/mol. The largest absolute Gasteiger partial charge is 0.504 e. The summed E-state index contributed by atoms with van der Waals surface area (Å²) in [4.78, 5) is 11.8. The molecule has 0 aromatic heterocycles. The fourth-order valence-electron chi connectivity index (χ4n) is 2.23. The molecule has 1 aliphatic heterocycles. The maximum atomic E-state index is 11.8. The molecule has 8 heteroatoms. The topological polar surface area (TPSA) is 126 Å². The van der Waals surface area contributed by atoms with Gasteiger partial charge in [0, 0.05) is 6.08 Å². The van der Waals surface area contributed by atoms with Crippen molar-refractivity contribution in [1.82, 2.24) is 0 Å². The number of ether oxygens (including phenoxy) is 3. The normalized spacial score (nSPS) is 30.3. The fraction of sp³-hybridized carbons (Fsp3) is 0.438. The van der Waals surface area contributed by atoms with Gasteiger partial charge in [-0.15, -0.1) is 0 Å². The van der Waals surface area contributed by atoms with Gasteiger partial charge in [0.2, 0.25) is 6.29 Å². The first-order valence-electron chi connectivity index (χ1n) is 7.29. The van der Waals surface area contributed by atoms with Gasteiger partial charge in [0.25, 0.3) is 0 Å². The zero-order valence-corrected chi connectivity index (χ0v) is 13.2. The van der Waals surface area contributed by atoms with Crippen LogP contribution >= 0.6 is 0 Å². The van der Waals surface area contributed by atoms with Gasteiger partial charge in [0.15, 0.2) is 11.5 Å². The number of benzene rings is 1. The smallest absolute Gasteiger partial charge is 0.333 e. The molecule has 132 valence electrons. The molecule has 0 radical (unpaired) electrons. The van der Waals surface area contributed by atoms with E-state index in [1.807, 2.05) is 0 Å². The summed E-state index contributed by atoms with van der Waals surface area (Å²) in [6.07, 6.45) is -3.95. The first-order valence-corrected chi connectivity index (χ1v) is 7.29. The highest BCUT2D eigenvalue weighted by Gasteiger charge is 2.43. The second-order valence-corrected chi connectivity index (χ2v) is 5.38. The molecule has 0 amide bonds. The summed E-state index contributed by atoms with van der Waals surface area (Å²) in [6.45, 7) is 1.49. The summed E-state index contributed by atoms with van der Waals surface area (Å²) in [5.74, 6) is -0.582. The van der Waals surface area contributed by atoms with E-state index in [0.717, 1.165) is 6.08 Å². The molecular formula is C16H20O8. The van der Waals surface area contributed by atoms with Gasteiger partial charge in [-0.25, -0.2) is 4.79 Å². The van der Waals surface area contributed by atoms with E-state index in [2.05, 4.69) is 0 Å². The Kier molecular flexibility index (Phi) is 5.79. The van der Waals surface area contributed by atoms with Gasteiger partial charge in [-0.1, -0.05) is 6.07 Å². The quantitative estimate of drug-likeness (QED) is 0.438. The molecule has 5 atom stereocenters. The lowest BCUT2D eigenvalue weighted by molar-refractivity contribution is -0.283. The third kappa shape index (κ3) is 4.04. The highest BCUT2D eigenvalue weighted by atomic mass is 16.7. The number of phenolic OH excluding ortho intramolecular Hbond substituents is 1. The fourth-order valence-corrected chi connectivity index (χ4v) is 2.23. The van der Waals surface area contributed by atoms with Crippen LogP contribution in [0.15, 0.2) is 24.3 Å². The Morgan fingerprint density at radius 2 is 1.92 bits per heavy atom. The second kappa shape index (κ2) is 7.63. The lowest BCUT2D eigenvalue weighted by Gasteiger charge is -2.38. The Morgan fingerprint density at radius 1 is 1.21 bits per heavy atom. The van der Waals surface area contributed by atoms with Crippen molar-refractivity contribution in [3.63, 3.8) is 0 Å². The van der Waals surface area contributed by atoms with Crippen LogP contribution in [-0.2, 0) is 14.3 Å². The number of aliphatic hydroxyl groups is 3. The maximum Gasteiger partial charge on any atom is 0.333 e. The third-order valence-corrected chi connectivity index (χ3v) is 3.66. The van der Waals surface area contributed by atoms with Crippen molar-refractivity contribution < 1.29 is 39.4 Å². The monoisotopic (exact) mass is 340 g/mol. The Labute approximate surface area is 138 Å². The minimum absolute atomic E-state index is 0.0301. The van der Waals surface area contributed by atoms with Gasteiger partial charge in [-0.3, -0.25) is 0 Å². The van der Waals surface area contributed by atoms with E-state index in [4.69, 9.17) is 14.2 Å². The molecular weight excluding hydrogens is 320 g/mol. The molecule has 8 nitrogen and oxygen atoms in total. The number of carbonyl (C=O) groups is 1. The summed E-state index contributed by atoms with van der Waals surface area (Å²) in [7, 11) is 1.40. The zero-order chi connectivity index (χ0) is 17.9. The van der Waals surface area contributed by atoms with E-state index in [9.17, 15) is 25.2 Å². The predicted molar refractivity (Wildman–Crippen MR) is 82.1 cm³/mol. The number of methoxy groups -OCH3 is 1. The van der Waals surface area contributed by atoms with Gasteiger partial charge >= 0.3 is 5.97 Å². The minimum atomic E-state index is -1.55. The molecule has 24 heavy (non-hydrogen) atoms. The number of hydrogen-bond acceptors (Lipinski definition) is 8. The number of aliphatic hydroxyl groups excluding tert-OH is 3. The van der Waals surface area contributed by atoms with Crippen LogP contribution in [0.4, 0.5) is 0 Å². The molecule has 1 saturated heterocycles. The standard InChI is InChI=1S/C16H20O8/c1-8-13(19)14(20)15(21)16(23-8)24-12(18)6-4-9-3-5-10(17)11(7-9)22-2/h3-8,13-17,19-21H,1-2H3/b6-4+/t8?,13-,14-,15?,16+/m0/s1. The molecule has 2 unspecified atom stereocenters. The molecule has 0 aliphatic carbocycles. The SMILES string of the molecule is COc1cc(/C=C/C(=O)O[C@H]2OC(C)[C@H](O)[C@H](O)C2O)ccc1O. The van der Waals surface area contributed by atoms with Crippen LogP contribution in [0.5, 0.6) is 11.5 Å². The lowest BCUT2D eigenvalue weighted by Crippen LogP contribution is -2.57. The number of carbonyl (C=O) groups excluding carboxylic acids is 1. The Balaban J connectivity index is 2.00. The molecule has 0 saturated carbocycles. The third-order valence-electron chi connectivity index (χ3n) is 3.66. The number of rotatable bonds is 4. The molecule has 1 aromatic rings. The van der Waals surface area contributed by atoms with Crippen molar-refractivity contribution >= 4 is 12.0 Å². The van der Waals surface area contributed by atoms with Crippen molar-refractivity contribution in [1.29, 1.82) is 0 Å². The zero-order valence-electron chi connectivity index (χ0n) is 13.2. The average Bonchev–Trinajstić information content (AvgIpc) is 2.57. The second-order valence-electron chi connectivity index (χ2n) is 5.38. The Bertz CT molecular complexity index is 614. The van der Waals surface area contributed by atoms with Gasteiger partial charge in [0.05, 0.1) is 13.2 Å². The van der Waals surface area contributed by atoms with Crippen LogP contribution in [0.2, 0.25) is 0 Å². The van der Waals surface area contributed by atoms with Crippen LogP contribution in [0, 0.1) is 0 Å². The summed E-state index contributed by atoms with van der Waals surface area (Å²) in [6, 6.07) is 4.50. The van der Waals surface area contributed by atoms with E-state index in [0.29, 0.717) is 5.56 Å². The molecule has 4 N–H and O–H groups in total. The van der Waals surface area contributed by atoms with Crippen molar-refractivity contribution in [3.05, 3.63) is 29.8 Å². The van der Waals surface area contributed by atoms with E-state index in [1.54, 1.807) is 6.07 Å². The molecule has 0 bridgehead atoms. The first-order chi connectivity index (χ1) is 11.3. The first kappa shape index (κ1) is 18.2. The molecule has 1 heterocycles.